The topological polar surface area (TPSA) is 78.2 Å². The molecule has 0 saturated heterocycles. The van der Waals surface area contributed by atoms with Crippen LogP contribution in [-0.4, -0.2) is 19.9 Å². The fourth-order valence-corrected chi connectivity index (χ4v) is 8.30. The first kappa shape index (κ1) is 32.5. The SMILES string of the molecule is N#Cc1ccc2c(c1)-c1ccc(-c3cccc4c3[nH]c3ccccc34)cc1C(Cc1cccc(-c3nc(-c4ccccc4)nc(-c4ccccc4)n3)c1)CC2. The van der Waals surface area contributed by atoms with Gasteiger partial charge in [-0.15, -0.1) is 0 Å². The predicted octanol–water partition coefficient (Wildman–Crippen LogP) is 12.0. The third-order valence-electron chi connectivity index (χ3n) is 11.0. The Morgan fingerprint density at radius 1 is 0.545 bits per heavy atom. The van der Waals surface area contributed by atoms with Crippen molar-refractivity contribution in [3.8, 4) is 62.5 Å². The summed E-state index contributed by atoms with van der Waals surface area (Å²) < 4.78 is 0. The van der Waals surface area contributed by atoms with Gasteiger partial charge in [0.15, 0.2) is 17.5 Å². The maximum Gasteiger partial charge on any atom is 0.164 e. The van der Waals surface area contributed by atoms with Gasteiger partial charge in [-0.05, 0) is 82.8 Å². The van der Waals surface area contributed by atoms with E-state index in [1.54, 1.807) is 0 Å². The molecule has 0 bridgehead atoms. The van der Waals surface area contributed by atoms with Gasteiger partial charge >= 0.3 is 0 Å². The zero-order chi connectivity index (χ0) is 36.7. The molecule has 260 valence electrons. The van der Waals surface area contributed by atoms with Gasteiger partial charge in [-0.3, -0.25) is 0 Å². The zero-order valence-corrected chi connectivity index (χ0v) is 30.1. The highest BCUT2D eigenvalue weighted by Crippen LogP contribution is 2.43. The van der Waals surface area contributed by atoms with E-state index in [-0.39, 0.29) is 5.92 Å². The van der Waals surface area contributed by atoms with Crippen molar-refractivity contribution in [1.29, 1.82) is 5.26 Å². The molecule has 0 fully saturated rings. The number of benzene rings is 7. The van der Waals surface area contributed by atoms with E-state index in [4.69, 9.17) is 15.0 Å². The minimum Gasteiger partial charge on any atom is -0.354 e. The second kappa shape index (κ2) is 13.7. The van der Waals surface area contributed by atoms with Gasteiger partial charge in [0.2, 0.25) is 0 Å². The molecule has 10 rings (SSSR count). The lowest BCUT2D eigenvalue weighted by atomic mass is 9.84. The summed E-state index contributed by atoms with van der Waals surface area (Å²) in [4.78, 5) is 18.7. The number of rotatable bonds is 6. The third kappa shape index (κ3) is 6.04. The Hall–Kier alpha value is -7.16. The van der Waals surface area contributed by atoms with Crippen molar-refractivity contribution in [2.45, 2.75) is 25.2 Å². The molecule has 55 heavy (non-hydrogen) atoms. The maximum absolute atomic E-state index is 9.87. The average molecular weight is 706 g/mol. The molecule has 0 radical (unpaired) electrons. The Kier molecular flexibility index (Phi) is 8.08. The van der Waals surface area contributed by atoms with Crippen LogP contribution in [0.15, 0.2) is 164 Å². The Balaban J connectivity index is 1.07. The lowest BCUT2D eigenvalue weighted by Crippen LogP contribution is -2.05. The van der Waals surface area contributed by atoms with E-state index in [9.17, 15) is 5.26 Å². The molecule has 0 saturated carbocycles. The highest BCUT2D eigenvalue weighted by Gasteiger charge is 2.25. The van der Waals surface area contributed by atoms with E-state index in [0.29, 0.717) is 23.0 Å². The molecule has 7 aromatic carbocycles. The van der Waals surface area contributed by atoms with Gasteiger partial charge in [-0.2, -0.15) is 5.26 Å². The van der Waals surface area contributed by atoms with E-state index in [1.807, 2.05) is 66.7 Å². The second-order valence-electron chi connectivity index (χ2n) is 14.4. The number of H-pyrrole nitrogens is 1. The van der Waals surface area contributed by atoms with Crippen molar-refractivity contribution in [2.24, 2.45) is 0 Å². The van der Waals surface area contributed by atoms with Crippen LogP contribution in [0.25, 0.3) is 78.2 Å². The van der Waals surface area contributed by atoms with Crippen molar-refractivity contribution in [1.82, 2.24) is 19.9 Å². The molecule has 1 aliphatic carbocycles. The largest absolute Gasteiger partial charge is 0.354 e. The zero-order valence-electron chi connectivity index (χ0n) is 30.1. The minimum atomic E-state index is 0.239. The third-order valence-corrected chi connectivity index (χ3v) is 11.0. The van der Waals surface area contributed by atoms with Gasteiger partial charge in [0, 0.05) is 38.5 Å². The van der Waals surface area contributed by atoms with E-state index in [2.05, 4.69) is 108 Å². The van der Waals surface area contributed by atoms with Crippen molar-refractivity contribution < 1.29 is 0 Å². The van der Waals surface area contributed by atoms with Crippen LogP contribution in [-0.2, 0) is 12.8 Å². The highest BCUT2D eigenvalue weighted by molar-refractivity contribution is 6.11. The summed E-state index contributed by atoms with van der Waals surface area (Å²) >= 11 is 0. The van der Waals surface area contributed by atoms with Crippen molar-refractivity contribution in [2.75, 3.05) is 0 Å². The molecule has 2 heterocycles. The smallest absolute Gasteiger partial charge is 0.164 e. The van der Waals surface area contributed by atoms with Crippen LogP contribution in [0.5, 0.6) is 0 Å². The number of nitrogens with one attached hydrogen (secondary N) is 1. The number of aromatic nitrogens is 4. The Morgan fingerprint density at radius 2 is 1.22 bits per heavy atom. The fraction of sp³-hybridized carbons (Fsp3) is 0.0800. The summed E-state index contributed by atoms with van der Waals surface area (Å²) in [6.45, 7) is 0. The van der Waals surface area contributed by atoms with E-state index < -0.39 is 0 Å². The monoisotopic (exact) mass is 705 g/mol. The van der Waals surface area contributed by atoms with Crippen molar-refractivity contribution >= 4 is 21.8 Å². The van der Waals surface area contributed by atoms with E-state index in [0.717, 1.165) is 52.5 Å². The number of nitrogens with zero attached hydrogens (tertiary/aromatic N) is 4. The van der Waals surface area contributed by atoms with E-state index in [1.165, 1.54) is 44.2 Å². The molecule has 0 aliphatic heterocycles. The first-order valence-electron chi connectivity index (χ1n) is 18.8. The van der Waals surface area contributed by atoms with Gasteiger partial charge in [0.1, 0.15) is 0 Å². The molecular formula is C50H35N5. The maximum atomic E-state index is 9.87. The number of aromatic amines is 1. The molecule has 1 N–H and O–H groups in total. The number of nitriles is 1. The summed E-state index contributed by atoms with van der Waals surface area (Å²) in [5.41, 5.74) is 14.4. The van der Waals surface area contributed by atoms with Crippen LogP contribution in [0.3, 0.4) is 0 Å². The standard InChI is InChI=1S/C50H35N5/c51-31-33-21-22-34-23-24-37(45-30-38(25-26-41(45)44(34)29-33)40-18-10-19-43-42-17-7-8-20-46(42)52-47(40)43)27-32-11-9-16-39(28-32)50-54-48(35-12-3-1-4-13-35)53-49(55-50)36-14-5-2-6-15-36/h1-22,25-26,28-30,37,52H,23-24,27H2. The molecule has 0 amide bonds. The average Bonchev–Trinajstić information content (AvgIpc) is 3.57. The molecule has 9 aromatic rings. The van der Waals surface area contributed by atoms with Gasteiger partial charge in [0.25, 0.3) is 0 Å². The first-order chi connectivity index (χ1) is 27.2. The van der Waals surface area contributed by atoms with Crippen molar-refractivity contribution in [3.05, 3.63) is 186 Å². The molecule has 0 spiro atoms. The predicted molar refractivity (Wildman–Crippen MR) is 222 cm³/mol. The van der Waals surface area contributed by atoms with Crippen LogP contribution >= 0.6 is 0 Å². The Bertz CT molecular complexity index is 2860. The molecule has 1 atom stereocenters. The normalized spacial score (nSPS) is 13.5. The summed E-state index contributed by atoms with van der Waals surface area (Å²) in [6, 6.07) is 59.5. The summed E-state index contributed by atoms with van der Waals surface area (Å²) in [5, 5.41) is 12.3. The number of hydrogen-bond acceptors (Lipinski definition) is 4. The molecular weight excluding hydrogens is 671 g/mol. The van der Waals surface area contributed by atoms with Crippen LogP contribution in [0.4, 0.5) is 0 Å². The Morgan fingerprint density at radius 3 is 1.98 bits per heavy atom. The molecule has 5 heteroatoms. The summed E-state index contributed by atoms with van der Waals surface area (Å²) in [7, 11) is 0. The van der Waals surface area contributed by atoms with Gasteiger partial charge in [-0.25, -0.2) is 15.0 Å². The lowest BCUT2D eigenvalue weighted by molar-refractivity contribution is 0.629. The molecule has 1 unspecified atom stereocenters. The van der Waals surface area contributed by atoms with Gasteiger partial charge in [-0.1, -0.05) is 140 Å². The lowest BCUT2D eigenvalue weighted by Gasteiger charge is -2.20. The minimum absolute atomic E-state index is 0.239. The van der Waals surface area contributed by atoms with Crippen LogP contribution in [0.1, 0.15) is 34.6 Å². The molecule has 5 nitrogen and oxygen atoms in total. The number of aryl methyl sites for hydroxylation is 1. The number of hydrogen-bond donors (Lipinski definition) is 1. The van der Waals surface area contributed by atoms with Crippen LogP contribution in [0.2, 0.25) is 0 Å². The fourth-order valence-electron chi connectivity index (χ4n) is 8.30. The van der Waals surface area contributed by atoms with Crippen LogP contribution in [0, 0.1) is 11.3 Å². The van der Waals surface area contributed by atoms with Crippen LogP contribution < -0.4 is 0 Å². The number of para-hydroxylation sites is 2. The Labute approximate surface area is 319 Å². The van der Waals surface area contributed by atoms with Gasteiger partial charge < -0.3 is 4.98 Å². The second-order valence-corrected chi connectivity index (χ2v) is 14.4. The summed E-state index contributed by atoms with van der Waals surface area (Å²) in [5.74, 6) is 2.20. The first-order valence-corrected chi connectivity index (χ1v) is 18.8. The molecule has 2 aromatic heterocycles. The molecule has 1 aliphatic rings. The quantitative estimate of drug-likeness (QED) is 0.187. The van der Waals surface area contributed by atoms with Crippen molar-refractivity contribution in [3.63, 3.8) is 0 Å². The highest BCUT2D eigenvalue weighted by atomic mass is 15.0. The van der Waals surface area contributed by atoms with Gasteiger partial charge in [0.05, 0.1) is 17.1 Å². The summed E-state index contributed by atoms with van der Waals surface area (Å²) in [6.07, 6.45) is 2.77. The number of fused-ring (bicyclic) bond motifs is 6. The van der Waals surface area contributed by atoms with E-state index >= 15 is 0 Å².